The van der Waals surface area contributed by atoms with Crippen molar-refractivity contribution < 1.29 is 9.53 Å². The summed E-state index contributed by atoms with van der Waals surface area (Å²) in [5.41, 5.74) is 0. The van der Waals surface area contributed by atoms with Crippen LogP contribution in [0.25, 0.3) is 0 Å². The lowest BCUT2D eigenvalue weighted by Crippen LogP contribution is -2.46. The molecule has 0 spiro atoms. The smallest absolute Gasteiger partial charge is 0.317 e. The second-order valence-corrected chi connectivity index (χ2v) is 7.44. The van der Waals surface area contributed by atoms with Gasteiger partial charge in [0.1, 0.15) is 0 Å². The van der Waals surface area contributed by atoms with Crippen LogP contribution in [0.3, 0.4) is 0 Å². The van der Waals surface area contributed by atoms with Crippen molar-refractivity contribution in [3.63, 3.8) is 0 Å². The van der Waals surface area contributed by atoms with Crippen molar-refractivity contribution in [1.82, 2.24) is 10.2 Å². The van der Waals surface area contributed by atoms with Crippen LogP contribution in [-0.4, -0.2) is 43.3 Å². The molecule has 22 heavy (non-hydrogen) atoms. The number of urea groups is 1. The van der Waals surface area contributed by atoms with Crippen LogP contribution in [0.4, 0.5) is 4.79 Å². The molecular weight excluding hydrogens is 276 g/mol. The molecule has 0 aromatic rings. The Kier molecular flexibility index (Phi) is 7.00. The minimum atomic E-state index is 0.0550. The van der Waals surface area contributed by atoms with Crippen molar-refractivity contribution in [3.8, 4) is 0 Å². The maximum absolute atomic E-state index is 12.2. The zero-order chi connectivity index (χ0) is 15.9. The predicted octanol–water partition coefficient (Wildman–Crippen LogP) is 3.80. The molecule has 4 nitrogen and oxygen atoms in total. The molecule has 2 fully saturated rings. The van der Waals surface area contributed by atoms with Gasteiger partial charge < -0.3 is 15.0 Å². The van der Waals surface area contributed by atoms with Gasteiger partial charge in [-0.2, -0.15) is 0 Å². The lowest BCUT2D eigenvalue weighted by molar-refractivity contribution is -0.00281. The number of carbonyl (C=O) groups is 1. The van der Waals surface area contributed by atoms with Crippen LogP contribution in [0.1, 0.15) is 65.2 Å². The Morgan fingerprint density at radius 1 is 1.14 bits per heavy atom. The highest BCUT2D eigenvalue weighted by Crippen LogP contribution is 2.27. The summed E-state index contributed by atoms with van der Waals surface area (Å²) in [4.78, 5) is 14.1. The van der Waals surface area contributed by atoms with Crippen molar-refractivity contribution in [2.75, 3.05) is 20.2 Å². The second kappa shape index (κ2) is 8.76. The van der Waals surface area contributed by atoms with Crippen molar-refractivity contribution >= 4 is 6.03 Å². The number of amides is 2. The van der Waals surface area contributed by atoms with Crippen molar-refractivity contribution in [3.05, 3.63) is 0 Å². The molecule has 0 aromatic heterocycles. The number of nitrogens with zero attached hydrogens (tertiary/aromatic N) is 1. The minimum absolute atomic E-state index is 0.0550. The summed E-state index contributed by atoms with van der Waals surface area (Å²) < 4.78 is 5.95. The highest BCUT2D eigenvalue weighted by Gasteiger charge is 2.25. The van der Waals surface area contributed by atoms with Crippen LogP contribution in [0.15, 0.2) is 0 Å². The van der Waals surface area contributed by atoms with Gasteiger partial charge >= 0.3 is 6.03 Å². The van der Waals surface area contributed by atoms with Crippen molar-refractivity contribution in [2.24, 2.45) is 11.8 Å². The van der Waals surface area contributed by atoms with E-state index in [2.05, 4.69) is 19.2 Å². The molecule has 0 radical (unpaired) electrons. The largest absolute Gasteiger partial charge is 0.376 e. The summed E-state index contributed by atoms with van der Waals surface area (Å²) in [6, 6.07) is 0.461. The molecule has 4 heteroatoms. The monoisotopic (exact) mass is 310 g/mol. The summed E-state index contributed by atoms with van der Waals surface area (Å²) >= 11 is 0. The van der Waals surface area contributed by atoms with E-state index in [1.54, 1.807) is 0 Å². The fourth-order valence-corrected chi connectivity index (χ4v) is 3.94. The maximum atomic E-state index is 12.2. The highest BCUT2D eigenvalue weighted by molar-refractivity contribution is 5.74. The van der Waals surface area contributed by atoms with Crippen LogP contribution < -0.4 is 5.32 Å². The molecule has 4 atom stereocenters. The summed E-state index contributed by atoms with van der Waals surface area (Å²) in [6.45, 7) is 5.82. The molecular formula is C18H34N2O2. The topological polar surface area (TPSA) is 41.6 Å². The van der Waals surface area contributed by atoms with Gasteiger partial charge in [0, 0.05) is 19.6 Å². The highest BCUT2D eigenvalue weighted by atomic mass is 16.5. The van der Waals surface area contributed by atoms with E-state index in [1.807, 2.05) is 11.9 Å². The lowest BCUT2D eigenvalue weighted by atomic mass is 9.86. The third kappa shape index (κ3) is 5.15. The number of rotatable bonds is 5. The van der Waals surface area contributed by atoms with Crippen LogP contribution >= 0.6 is 0 Å². The van der Waals surface area contributed by atoms with Gasteiger partial charge in [-0.15, -0.1) is 0 Å². The number of nitrogens with one attached hydrogen (secondary N) is 1. The Hall–Kier alpha value is -0.770. The third-order valence-corrected chi connectivity index (χ3v) is 5.52. The molecule has 4 unspecified atom stereocenters. The molecule has 2 saturated carbocycles. The average Bonchev–Trinajstić information content (AvgIpc) is 2.52. The van der Waals surface area contributed by atoms with Crippen LogP contribution in [0, 0.1) is 11.8 Å². The molecule has 128 valence electrons. The lowest BCUT2D eigenvalue weighted by Gasteiger charge is -2.34. The quantitative estimate of drug-likeness (QED) is 0.785. The van der Waals surface area contributed by atoms with Crippen LogP contribution in [0.5, 0.6) is 0 Å². The first-order valence-corrected chi connectivity index (χ1v) is 9.20. The Balaban J connectivity index is 1.62. The second-order valence-electron chi connectivity index (χ2n) is 7.44. The summed E-state index contributed by atoms with van der Waals surface area (Å²) in [7, 11) is 1.93. The van der Waals surface area contributed by atoms with Crippen molar-refractivity contribution in [1.29, 1.82) is 0 Å². The SMILES string of the molecule is CC1CCCC(N(C)C(=O)NCCOC2CCCCC2C)C1. The van der Waals surface area contributed by atoms with Crippen LogP contribution in [0.2, 0.25) is 0 Å². The van der Waals surface area contributed by atoms with E-state index in [4.69, 9.17) is 4.74 Å². The molecule has 0 bridgehead atoms. The van der Waals surface area contributed by atoms with E-state index >= 15 is 0 Å². The van der Waals surface area contributed by atoms with E-state index in [0.717, 1.165) is 18.8 Å². The molecule has 0 aliphatic heterocycles. The van der Waals surface area contributed by atoms with Gasteiger partial charge in [-0.05, 0) is 37.5 Å². The molecule has 2 aliphatic rings. The molecule has 2 aliphatic carbocycles. The zero-order valence-electron chi connectivity index (χ0n) is 14.6. The van der Waals surface area contributed by atoms with Gasteiger partial charge in [-0.1, -0.05) is 39.5 Å². The van der Waals surface area contributed by atoms with Gasteiger partial charge in [0.05, 0.1) is 12.7 Å². The number of ether oxygens (including phenoxy) is 1. The third-order valence-electron chi connectivity index (χ3n) is 5.52. The average molecular weight is 310 g/mol. The molecule has 0 aromatic carbocycles. The first kappa shape index (κ1) is 17.6. The number of hydrogen-bond acceptors (Lipinski definition) is 2. The van der Waals surface area contributed by atoms with E-state index in [-0.39, 0.29) is 6.03 Å². The fourth-order valence-electron chi connectivity index (χ4n) is 3.94. The summed E-state index contributed by atoms with van der Waals surface area (Å²) in [6.07, 6.45) is 10.3. The molecule has 0 saturated heterocycles. The van der Waals surface area contributed by atoms with Gasteiger partial charge in [0.2, 0.25) is 0 Å². The van der Waals surface area contributed by atoms with Gasteiger partial charge in [-0.25, -0.2) is 4.79 Å². The number of hydrogen-bond donors (Lipinski definition) is 1. The van der Waals surface area contributed by atoms with Crippen molar-refractivity contribution in [2.45, 2.75) is 77.4 Å². The van der Waals surface area contributed by atoms with E-state index < -0.39 is 0 Å². The summed E-state index contributed by atoms with van der Waals surface area (Å²) in [5.74, 6) is 1.40. The van der Waals surface area contributed by atoms with Gasteiger partial charge in [-0.3, -0.25) is 0 Å². The first-order chi connectivity index (χ1) is 10.6. The first-order valence-electron chi connectivity index (χ1n) is 9.20. The fraction of sp³-hybridized carbons (Fsp3) is 0.944. The van der Waals surface area contributed by atoms with E-state index in [9.17, 15) is 4.79 Å². The Bertz CT molecular complexity index is 348. The predicted molar refractivity (Wildman–Crippen MR) is 90.0 cm³/mol. The summed E-state index contributed by atoms with van der Waals surface area (Å²) in [5, 5.41) is 3.01. The Labute approximate surface area is 136 Å². The Morgan fingerprint density at radius 2 is 1.91 bits per heavy atom. The normalized spacial score (nSPS) is 32.5. The maximum Gasteiger partial charge on any atom is 0.317 e. The standard InChI is InChI=1S/C18H34N2O2/c1-14-7-6-9-16(13-14)20(3)18(21)19-11-12-22-17-10-5-4-8-15(17)2/h14-17H,4-13H2,1-3H3,(H,19,21). The minimum Gasteiger partial charge on any atom is -0.376 e. The van der Waals surface area contributed by atoms with Gasteiger partial charge in [0.15, 0.2) is 0 Å². The van der Waals surface area contributed by atoms with E-state index in [1.165, 1.54) is 38.5 Å². The molecule has 2 amide bonds. The molecule has 2 rings (SSSR count). The molecule has 0 heterocycles. The Morgan fingerprint density at radius 3 is 2.64 bits per heavy atom. The molecule has 1 N–H and O–H groups in total. The van der Waals surface area contributed by atoms with Crippen LogP contribution in [-0.2, 0) is 4.74 Å². The zero-order valence-corrected chi connectivity index (χ0v) is 14.6. The van der Waals surface area contributed by atoms with Gasteiger partial charge in [0.25, 0.3) is 0 Å². The van der Waals surface area contributed by atoms with E-state index in [0.29, 0.717) is 31.2 Å². The number of carbonyl (C=O) groups excluding carboxylic acids is 1.